The van der Waals surface area contributed by atoms with Crippen molar-refractivity contribution in [3.05, 3.63) is 89.7 Å². The van der Waals surface area contributed by atoms with Crippen molar-refractivity contribution in [2.24, 2.45) is 0 Å². The molecule has 11 heteroatoms. The van der Waals surface area contributed by atoms with E-state index in [4.69, 9.17) is 16.3 Å². The van der Waals surface area contributed by atoms with Gasteiger partial charge in [-0.3, -0.25) is 14.6 Å². The third kappa shape index (κ3) is 8.69. The molecule has 2 amide bonds. The van der Waals surface area contributed by atoms with Gasteiger partial charge in [-0.05, 0) is 46.5 Å². The molecule has 3 aromatic rings. The molecule has 0 spiro atoms. The van der Waals surface area contributed by atoms with Crippen LogP contribution in [-0.2, 0) is 16.1 Å². The van der Waals surface area contributed by atoms with E-state index in [1.54, 1.807) is 41.3 Å². The molecule has 7 nitrogen and oxygen atoms in total. The zero-order valence-corrected chi connectivity index (χ0v) is 23.2. The first-order valence-corrected chi connectivity index (χ1v) is 13.5. The second-order valence-electron chi connectivity index (χ2n) is 9.94. The van der Waals surface area contributed by atoms with E-state index in [0.717, 1.165) is 5.56 Å². The van der Waals surface area contributed by atoms with E-state index >= 15 is 4.39 Å². The maximum Gasteiger partial charge on any atom is 0.414 e. The van der Waals surface area contributed by atoms with Gasteiger partial charge < -0.3 is 15.2 Å². The monoisotopic (exact) mass is 589 g/mol. The number of cyclic esters (lactones) is 1. The molecule has 0 unspecified atom stereocenters. The van der Waals surface area contributed by atoms with Crippen molar-refractivity contribution >= 4 is 29.3 Å². The molecule has 41 heavy (non-hydrogen) atoms. The molecular weight excluding hydrogens is 559 g/mol. The Labute approximate surface area is 241 Å². The third-order valence-electron chi connectivity index (χ3n) is 6.72. The number of benzene rings is 3. The van der Waals surface area contributed by atoms with E-state index in [1.807, 2.05) is 30.3 Å². The topological polar surface area (TPSA) is 82.1 Å². The lowest BCUT2D eigenvalue weighted by atomic mass is 10.0. The van der Waals surface area contributed by atoms with Gasteiger partial charge in [0, 0.05) is 38.5 Å². The summed E-state index contributed by atoms with van der Waals surface area (Å²) < 4.78 is 47.0. The first kappa shape index (κ1) is 30.4. The Hall–Kier alpha value is -3.60. The predicted octanol–water partition coefficient (Wildman–Crippen LogP) is 5.71. The average Bonchev–Trinajstić information content (AvgIpc) is 3.31. The number of aliphatic hydroxyl groups excluding tert-OH is 1. The van der Waals surface area contributed by atoms with E-state index in [1.165, 1.54) is 17.9 Å². The summed E-state index contributed by atoms with van der Waals surface area (Å²) in [5, 5.41) is 10.1. The van der Waals surface area contributed by atoms with E-state index in [9.17, 15) is 23.5 Å². The first-order chi connectivity index (χ1) is 19.5. The number of amides is 2. The van der Waals surface area contributed by atoms with Crippen molar-refractivity contribution in [2.45, 2.75) is 37.5 Å². The smallest absolute Gasteiger partial charge is 0.414 e. The summed E-state index contributed by atoms with van der Waals surface area (Å²) in [7, 11) is 0. The standard InChI is InChI=1S/C30H31ClF3N3O4/c1-20(38)35-16-25-18-37(29(40)41-25)24-11-12-26(27(32)15-24)22-7-9-23(10-8-22)28(39)19-36(14-13-30(31,33)34)17-21-5-3-2-4-6-21/h2-12,15,25,28,39H,13-14,16-19H2,1H3,(H,35,38)/t25-,28+/m0/s1. The molecule has 0 bridgehead atoms. The molecule has 4 rings (SSSR count). The molecule has 1 saturated heterocycles. The number of hydrogen-bond acceptors (Lipinski definition) is 5. The van der Waals surface area contributed by atoms with Crippen LogP contribution in [0.4, 0.5) is 23.7 Å². The number of nitrogens with zero attached hydrogens (tertiary/aromatic N) is 2. The lowest BCUT2D eigenvalue weighted by molar-refractivity contribution is -0.119. The number of alkyl halides is 3. The maximum absolute atomic E-state index is 15.1. The fourth-order valence-electron chi connectivity index (χ4n) is 4.60. The molecule has 1 aliphatic rings. The van der Waals surface area contributed by atoms with Crippen molar-refractivity contribution in [3.8, 4) is 11.1 Å². The molecular formula is C30H31ClF3N3O4. The van der Waals surface area contributed by atoms with Crippen LogP contribution in [0.5, 0.6) is 0 Å². The van der Waals surface area contributed by atoms with Crippen LogP contribution >= 0.6 is 11.6 Å². The summed E-state index contributed by atoms with van der Waals surface area (Å²) in [6.45, 7) is 2.14. The molecule has 218 valence electrons. The second kappa shape index (κ2) is 13.4. The Morgan fingerprint density at radius 3 is 2.51 bits per heavy atom. The van der Waals surface area contributed by atoms with Crippen LogP contribution in [0, 0.1) is 5.82 Å². The van der Waals surface area contributed by atoms with E-state index < -0.39 is 35.9 Å². The Morgan fingerprint density at radius 2 is 1.88 bits per heavy atom. The highest BCUT2D eigenvalue weighted by Gasteiger charge is 2.33. The lowest BCUT2D eigenvalue weighted by Gasteiger charge is -2.26. The number of anilines is 1. The fourth-order valence-corrected chi connectivity index (χ4v) is 4.68. The highest BCUT2D eigenvalue weighted by atomic mass is 35.5. The summed E-state index contributed by atoms with van der Waals surface area (Å²) in [4.78, 5) is 26.4. The SMILES string of the molecule is CC(=O)NC[C@H]1CN(c2ccc(-c3ccc([C@H](O)CN(CCC(F)(F)Cl)Cc4ccccc4)cc3)c(F)c2)C(=O)O1. The number of halogens is 4. The Morgan fingerprint density at radius 1 is 1.17 bits per heavy atom. The minimum Gasteiger partial charge on any atom is -0.442 e. The number of aliphatic hydroxyl groups is 1. The predicted molar refractivity (Wildman–Crippen MR) is 150 cm³/mol. The third-order valence-corrected chi connectivity index (χ3v) is 6.90. The van der Waals surface area contributed by atoms with Crippen LogP contribution in [0.25, 0.3) is 11.1 Å². The summed E-state index contributed by atoms with van der Waals surface area (Å²) in [5.41, 5.74) is 2.64. The number of rotatable bonds is 12. The average molecular weight is 590 g/mol. The summed E-state index contributed by atoms with van der Waals surface area (Å²) in [6.07, 6.45) is -2.70. The molecule has 0 aliphatic carbocycles. The van der Waals surface area contributed by atoms with Crippen LogP contribution < -0.4 is 10.2 Å². The van der Waals surface area contributed by atoms with Gasteiger partial charge in [-0.2, -0.15) is 8.78 Å². The second-order valence-corrected chi connectivity index (χ2v) is 10.5. The van der Waals surface area contributed by atoms with Gasteiger partial charge in [-0.1, -0.05) is 54.6 Å². The molecule has 1 heterocycles. The van der Waals surface area contributed by atoms with Crippen LogP contribution in [0.2, 0.25) is 0 Å². The Bertz CT molecular complexity index is 1340. The zero-order chi connectivity index (χ0) is 29.6. The fraction of sp³-hybridized carbons (Fsp3) is 0.333. The van der Waals surface area contributed by atoms with Crippen molar-refractivity contribution in [3.63, 3.8) is 0 Å². The largest absolute Gasteiger partial charge is 0.442 e. The molecule has 0 aromatic heterocycles. The van der Waals surface area contributed by atoms with Crippen molar-refractivity contribution < 1.29 is 32.6 Å². The summed E-state index contributed by atoms with van der Waals surface area (Å²) >= 11 is 5.11. The Kier molecular flexibility index (Phi) is 9.90. The van der Waals surface area contributed by atoms with Gasteiger partial charge in [0.2, 0.25) is 5.91 Å². The molecule has 1 aliphatic heterocycles. The Balaban J connectivity index is 1.42. The number of nitrogens with one attached hydrogen (secondary N) is 1. The van der Waals surface area contributed by atoms with E-state index in [2.05, 4.69) is 5.32 Å². The van der Waals surface area contributed by atoms with Crippen LogP contribution in [-0.4, -0.2) is 59.7 Å². The maximum atomic E-state index is 15.1. The molecule has 0 saturated carbocycles. The highest BCUT2D eigenvalue weighted by molar-refractivity contribution is 6.21. The number of carbonyl (C=O) groups excluding carboxylic acids is 2. The van der Waals surface area contributed by atoms with Crippen molar-refractivity contribution in [1.29, 1.82) is 0 Å². The van der Waals surface area contributed by atoms with Gasteiger partial charge >= 0.3 is 11.5 Å². The highest BCUT2D eigenvalue weighted by Crippen LogP contribution is 2.30. The normalized spacial score (nSPS) is 16.1. The number of carbonyl (C=O) groups is 2. The van der Waals surface area contributed by atoms with Crippen LogP contribution in [0.1, 0.15) is 30.6 Å². The first-order valence-electron chi connectivity index (χ1n) is 13.1. The van der Waals surface area contributed by atoms with Gasteiger partial charge in [-0.15, -0.1) is 0 Å². The van der Waals surface area contributed by atoms with Crippen molar-refractivity contribution in [2.75, 3.05) is 31.1 Å². The van der Waals surface area contributed by atoms with Gasteiger partial charge in [0.15, 0.2) is 0 Å². The van der Waals surface area contributed by atoms with Gasteiger partial charge in [0.25, 0.3) is 0 Å². The van der Waals surface area contributed by atoms with E-state index in [0.29, 0.717) is 28.9 Å². The van der Waals surface area contributed by atoms with E-state index in [-0.39, 0.29) is 32.1 Å². The molecule has 2 atom stereocenters. The molecule has 3 aromatic carbocycles. The molecule has 0 radical (unpaired) electrons. The van der Waals surface area contributed by atoms with Crippen LogP contribution in [0.15, 0.2) is 72.8 Å². The van der Waals surface area contributed by atoms with Crippen LogP contribution in [0.3, 0.4) is 0 Å². The molecule has 1 fully saturated rings. The lowest BCUT2D eigenvalue weighted by Crippen LogP contribution is -2.33. The summed E-state index contributed by atoms with van der Waals surface area (Å²) in [5.74, 6) is -0.793. The quantitative estimate of drug-likeness (QED) is 0.265. The molecule has 2 N–H and O–H groups in total. The minimum absolute atomic E-state index is 0.0172. The number of ether oxygens (including phenoxy) is 1. The zero-order valence-electron chi connectivity index (χ0n) is 22.4. The summed E-state index contributed by atoms with van der Waals surface area (Å²) in [6, 6.07) is 20.4. The van der Waals surface area contributed by atoms with Gasteiger partial charge in [-0.25, -0.2) is 9.18 Å². The number of hydrogen-bond donors (Lipinski definition) is 2. The van der Waals surface area contributed by atoms with Crippen molar-refractivity contribution in [1.82, 2.24) is 10.2 Å². The van der Waals surface area contributed by atoms with Gasteiger partial charge in [0.1, 0.15) is 11.9 Å². The minimum atomic E-state index is -3.34. The van der Waals surface area contributed by atoms with Gasteiger partial charge in [0.05, 0.1) is 24.9 Å².